The molecule has 0 spiro atoms. The molecule has 1 aromatic rings. The Balaban J connectivity index is 2.19. The van der Waals surface area contributed by atoms with E-state index >= 15 is 0 Å². The predicted molar refractivity (Wildman–Crippen MR) is 66.0 cm³/mol. The summed E-state index contributed by atoms with van der Waals surface area (Å²) >= 11 is 0. The molecule has 0 aliphatic heterocycles. The molecule has 0 saturated heterocycles. The van der Waals surface area contributed by atoms with Gasteiger partial charge in [-0.25, -0.2) is 4.98 Å². The molecule has 1 heterocycles. The summed E-state index contributed by atoms with van der Waals surface area (Å²) in [4.78, 5) is 3.46. The normalized spacial score (nSPS) is 23.1. The van der Waals surface area contributed by atoms with E-state index in [0.717, 1.165) is 37.8 Å². The minimum Gasteiger partial charge on any atom is -0.473 e. The lowest BCUT2D eigenvalue weighted by atomic mass is 9.89. The Bertz CT molecular complexity index is 514. The number of rotatable bonds is 2. The number of hydrogen-bond acceptors (Lipinski definition) is 3. The third-order valence-electron chi connectivity index (χ3n) is 3.51. The van der Waals surface area contributed by atoms with Gasteiger partial charge in [-0.15, -0.1) is 0 Å². The van der Waals surface area contributed by atoms with Crippen LogP contribution in [0.2, 0.25) is 0 Å². The molecule has 3 nitrogen and oxygen atoms in total. The first-order valence-corrected chi connectivity index (χ1v) is 6.55. The van der Waals surface area contributed by atoms with Crippen LogP contribution in [0, 0.1) is 17.2 Å². The molecule has 1 saturated carbocycles. The SMILES string of the molecule is CC1CCC(Oc2nc(C(F)(F)F)ccc2C#N)CC1. The Morgan fingerprint density at radius 2 is 1.90 bits per heavy atom. The fraction of sp³-hybridized carbons (Fsp3) is 0.571. The minimum atomic E-state index is -4.53. The van der Waals surface area contributed by atoms with Crippen LogP contribution in [0.1, 0.15) is 43.9 Å². The first-order valence-electron chi connectivity index (χ1n) is 6.55. The van der Waals surface area contributed by atoms with Crippen LogP contribution in [0.15, 0.2) is 12.1 Å². The number of alkyl halides is 3. The van der Waals surface area contributed by atoms with Gasteiger partial charge < -0.3 is 4.74 Å². The molecule has 0 bridgehead atoms. The van der Waals surface area contributed by atoms with E-state index < -0.39 is 11.9 Å². The maximum Gasteiger partial charge on any atom is 0.433 e. The Labute approximate surface area is 115 Å². The molecule has 1 fully saturated rings. The second-order valence-corrected chi connectivity index (χ2v) is 5.16. The van der Waals surface area contributed by atoms with Crippen LogP contribution in [0.4, 0.5) is 13.2 Å². The molecule has 1 aliphatic rings. The van der Waals surface area contributed by atoms with Crippen LogP contribution in [0.25, 0.3) is 0 Å². The first kappa shape index (κ1) is 14.6. The molecule has 0 N–H and O–H groups in total. The number of nitrogens with zero attached hydrogens (tertiary/aromatic N) is 2. The van der Waals surface area contributed by atoms with Gasteiger partial charge in [0.25, 0.3) is 0 Å². The fourth-order valence-corrected chi connectivity index (χ4v) is 2.28. The lowest BCUT2D eigenvalue weighted by Gasteiger charge is -2.26. The van der Waals surface area contributed by atoms with Crippen molar-refractivity contribution in [3.05, 3.63) is 23.4 Å². The fourth-order valence-electron chi connectivity index (χ4n) is 2.28. The van der Waals surface area contributed by atoms with Gasteiger partial charge in [-0.3, -0.25) is 0 Å². The van der Waals surface area contributed by atoms with Crippen molar-refractivity contribution in [3.8, 4) is 11.9 Å². The third kappa shape index (κ3) is 3.41. The van der Waals surface area contributed by atoms with Crippen LogP contribution >= 0.6 is 0 Å². The lowest BCUT2D eigenvalue weighted by molar-refractivity contribution is -0.141. The molecular formula is C14H15F3N2O. The number of pyridine rings is 1. The van der Waals surface area contributed by atoms with Crippen LogP contribution in [-0.4, -0.2) is 11.1 Å². The summed E-state index contributed by atoms with van der Waals surface area (Å²) in [7, 11) is 0. The Hall–Kier alpha value is -1.77. The second-order valence-electron chi connectivity index (χ2n) is 5.16. The highest BCUT2D eigenvalue weighted by Gasteiger charge is 2.33. The van der Waals surface area contributed by atoms with E-state index in [4.69, 9.17) is 10.00 Å². The number of aromatic nitrogens is 1. The molecule has 1 aromatic heterocycles. The summed E-state index contributed by atoms with van der Waals surface area (Å²) in [6.45, 7) is 2.14. The molecular weight excluding hydrogens is 269 g/mol. The highest BCUT2D eigenvalue weighted by Crippen LogP contribution is 2.32. The van der Waals surface area contributed by atoms with Crippen LogP contribution < -0.4 is 4.74 Å². The maximum absolute atomic E-state index is 12.6. The first-order chi connectivity index (χ1) is 9.40. The summed E-state index contributed by atoms with van der Waals surface area (Å²) in [5.74, 6) is 0.404. The zero-order chi connectivity index (χ0) is 14.8. The molecule has 0 aromatic carbocycles. The molecule has 6 heteroatoms. The van der Waals surface area contributed by atoms with Crippen molar-refractivity contribution >= 4 is 0 Å². The summed E-state index contributed by atoms with van der Waals surface area (Å²) in [5, 5.41) is 8.93. The largest absolute Gasteiger partial charge is 0.473 e. The smallest absolute Gasteiger partial charge is 0.433 e. The molecule has 1 aliphatic carbocycles. The minimum absolute atomic E-state index is 0.0385. The highest BCUT2D eigenvalue weighted by atomic mass is 19.4. The van der Waals surface area contributed by atoms with E-state index in [2.05, 4.69) is 11.9 Å². The molecule has 0 radical (unpaired) electrons. The van der Waals surface area contributed by atoms with Crippen LogP contribution in [0.5, 0.6) is 5.88 Å². The molecule has 20 heavy (non-hydrogen) atoms. The molecule has 108 valence electrons. The Morgan fingerprint density at radius 1 is 1.25 bits per heavy atom. The van der Waals surface area contributed by atoms with Gasteiger partial charge in [0.2, 0.25) is 5.88 Å². The summed E-state index contributed by atoms with van der Waals surface area (Å²) in [6, 6.07) is 3.73. The quantitative estimate of drug-likeness (QED) is 0.826. The van der Waals surface area contributed by atoms with Crippen molar-refractivity contribution in [2.75, 3.05) is 0 Å². The van der Waals surface area contributed by atoms with Gasteiger partial charge in [-0.2, -0.15) is 18.4 Å². The third-order valence-corrected chi connectivity index (χ3v) is 3.51. The van der Waals surface area contributed by atoms with Crippen molar-refractivity contribution in [2.24, 2.45) is 5.92 Å². The van der Waals surface area contributed by atoms with Crippen LogP contribution in [0.3, 0.4) is 0 Å². The van der Waals surface area contributed by atoms with E-state index in [1.54, 1.807) is 0 Å². The Kier molecular flexibility index (Phi) is 4.17. The highest BCUT2D eigenvalue weighted by molar-refractivity contribution is 5.39. The topological polar surface area (TPSA) is 45.9 Å². The summed E-state index contributed by atoms with van der Waals surface area (Å²) in [5.41, 5.74) is -0.993. The predicted octanol–water partition coefficient (Wildman–Crippen LogP) is 3.93. The van der Waals surface area contributed by atoms with Crippen molar-refractivity contribution in [1.29, 1.82) is 5.26 Å². The van der Waals surface area contributed by atoms with Gasteiger partial charge in [-0.1, -0.05) is 6.92 Å². The molecule has 0 unspecified atom stereocenters. The van der Waals surface area contributed by atoms with E-state index in [0.29, 0.717) is 5.92 Å². The summed E-state index contributed by atoms with van der Waals surface area (Å²) in [6.07, 6.45) is -1.17. The number of hydrogen-bond donors (Lipinski definition) is 0. The monoisotopic (exact) mass is 284 g/mol. The van der Waals surface area contributed by atoms with Crippen molar-refractivity contribution in [2.45, 2.75) is 44.9 Å². The van der Waals surface area contributed by atoms with Crippen LogP contribution in [-0.2, 0) is 6.18 Å². The Morgan fingerprint density at radius 3 is 2.45 bits per heavy atom. The van der Waals surface area contributed by atoms with E-state index in [9.17, 15) is 13.2 Å². The number of nitriles is 1. The van der Waals surface area contributed by atoms with Crippen molar-refractivity contribution in [1.82, 2.24) is 4.98 Å². The zero-order valence-electron chi connectivity index (χ0n) is 11.1. The molecule has 0 atom stereocenters. The van der Waals surface area contributed by atoms with E-state index in [-0.39, 0.29) is 17.5 Å². The second kappa shape index (κ2) is 5.70. The summed E-state index contributed by atoms with van der Waals surface area (Å²) < 4.78 is 43.4. The van der Waals surface area contributed by atoms with Gasteiger partial charge in [0.15, 0.2) is 0 Å². The standard InChI is InChI=1S/C14H15F3N2O/c1-9-2-5-11(6-3-9)20-13-10(8-18)4-7-12(19-13)14(15,16)17/h4,7,9,11H,2-3,5-6H2,1H3. The lowest BCUT2D eigenvalue weighted by Crippen LogP contribution is -2.24. The van der Waals surface area contributed by atoms with Gasteiger partial charge >= 0.3 is 6.18 Å². The van der Waals surface area contributed by atoms with Gasteiger partial charge in [0, 0.05) is 0 Å². The molecule has 0 amide bonds. The molecule has 2 rings (SSSR count). The van der Waals surface area contributed by atoms with Gasteiger partial charge in [0.05, 0.1) is 0 Å². The van der Waals surface area contributed by atoms with Crippen molar-refractivity contribution in [3.63, 3.8) is 0 Å². The van der Waals surface area contributed by atoms with Gasteiger partial charge in [0.1, 0.15) is 23.4 Å². The van der Waals surface area contributed by atoms with E-state index in [1.807, 2.05) is 6.07 Å². The maximum atomic E-state index is 12.6. The van der Waals surface area contributed by atoms with E-state index in [1.165, 1.54) is 0 Å². The number of halogens is 3. The average Bonchev–Trinajstić information content (AvgIpc) is 2.40. The average molecular weight is 284 g/mol. The van der Waals surface area contributed by atoms with Crippen molar-refractivity contribution < 1.29 is 17.9 Å². The van der Waals surface area contributed by atoms with Gasteiger partial charge in [-0.05, 0) is 43.7 Å². The zero-order valence-corrected chi connectivity index (χ0v) is 11.1. The number of ether oxygens (including phenoxy) is 1.